The van der Waals surface area contributed by atoms with Crippen LogP contribution in [0.25, 0.3) is 0 Å². The van der Waals surface area contributed by atoms with Crippen LogP contribution >= 0.6 is 0 Å². The Balaban J connectivity index is 2.03. The minimum atomic E-state index is -4.46. The zero-order valence-electron chi connectivity index (χ0n) is 10.8. The highest BCUT2D eigenvalue weighted by Crippen LogP contribution is 2.30. The number of carbonyl (C=O) groups excluding carboxylic acids is 1. The maximum atomic E-state index is 12.7. The van der Waals surface area contributed by atoms with E-state index in [0.717, 1.165) is 0 Å². The van der Waals surface area contributed by atoms with Crippen LogP contribution in [0.1, 0.15) is 25.7 Å². The van der Waals surface area contributed by atoms with Crippen molar-refractivity contribution in [3.05, 3.63) is 0 Å². The minimum Gasteiger partial charge on any atom is -0.481 e. The molecule has 2 fully saturated rings. The van der Waals surface area contributed by atoms with Crippen molar-refractivity contribution in [1.29, 1.82) is 0 Å². The van der Waals surface area contributed by atoms with Gasteiger partial charge in [0, 0.05) is 19.0 Å². The lowest BCUT2D eigenvalue weighted by Crippen LogP contribution is -2.57. The first-order valence-electron chi connectivity index (χ1n) is 6.60. The highest BCUT2D eigenvalue weighted by molar-refractivity contribution is 5.78. The van der Waals surface area contributed by atoms with E-state index < -0.39 is 36.1 Å². The lowest BCUT2D eigenvalue weighted by Gasteiger charge is -2.41. The molecule has 8 heteroatoms. The van der Waals surface area contributed by atoms with Crippen LogP contribution < -0.4 is 5.32 Å². The van der Waals surface area contributed by atoms with Gasteiger partial charge < -0.3 is 10.4 Å². The molecule has 0 aromatic rings. The van der Waals surface area contributed by atoms with E-state index in [0.29, 0.717) is 19.4 Å². The van der Waals surface area contributed by atoms with E-state index in [9.17, 15) is 22.8 Å². The van der Waals surface area contributed by atoms with Gasteiger partial charge in [-0.2, -0.15) is 13.2 Å². The van der Waals surface area contributed by atoms with Gasteiger partial charge in [-0.05, 0) is 25.8 Å². The van der Waals surface area contributed by atoms with Crippen molar-refractivity contribution in [3.63, 3.8) is 0 Å². The number of rotatable bonds is 2. The van der Waals surface area contributed by atoms with Crippen LogP contribution in [0.2, 0.25) is 0 Å². The molecule has 0 aliphatic carbocycles. The Labute approximate surface area is 114 Å². The number of aliphatic carboxylic acids is 1. The maximum absolute atomic E-state index is 12.7. The highest BCUT2D eigenvalue weighted by Gasteiger charge is 2.46. The molecule has 2 rings (SSSR count). The van der Waals surface area contributed by atoms with Gasteiger partial charge in [0.25, 0.3) is 0 Å². The number of carbonyl (C=O) groups is 2. The third kappa shape index (κ3) is 3.41. The first-order chi connectivity index (χ1) is 9.27. The van der Waals surface area contributed by atoms with Crippen LogP contribution in [-0.4, -0.2) is 53.2 Å². The Morgan fingerprint density at radius 2 is 2.10 bits per heavy atom. The zero-order chi connectivity index (χ0) is 14.9. The molecule has 0 aromatic carbocycles. The molecule has 0 radical (unpaired) electrons. The van der Waals surface area contributed by atoms with Crippen LogP contribution in [0.5, 0.6) is 0 Å². The molecule has 5 nitrogen and oxygen atoms in total. The van der Waals surface area contributed by atoms with Gasteiger partial charge in [0.15, 0.2) is 0 Å². The number of amides is 1. The van der Waals surface area contributed by atoms with Crippen LogP contribution in [0.3, 0.4) is 0 Å². The Kier molecular flexibility index (Phi) is 4.22. The summed E-state index contributed by atoms with van der Waals surface area (Å²) in [5, 5.41) is 11.0. The Hall–Kier alpha value is -1.31. The van der Waals surface area contributed by atoms with Crippen molar-refractivity contribution in [3.8, 4) is 0 Å². The average Bonchev–Trinajstić information content (AvgIpc) is 2.37. The topological polar surface area (TPSA) is 69.6 Å². The van der Waals surface area contributed by atoms with Crippen molar-refractivity contribution in [2.45, 2.75) is 43.9 Å². The van der Waals surface area contributed by atoms with Gasteiger partial charge in [0.1, 0.15) is 6.04 Å². The molecule has 2 N–H and O–H groups in total. The summed E-state index contributed by atoms with van der Waals surface area (Å²) in [7, 11) is 0. The first kappa shape index (κ1) is 15.1. The molecule has 2 aliphatic heterocycles. The quantitative estimate of drug-likeness (QED) is 0.797. The lowest BCUT2D eigenvalue weighted by atomic mass is 9.91. The largest absolute Gasteiger partial charge is 0.481 e. The number of hydrogen-bond donors (Lipinski definition) is 2. The molecular formula is C12H17F3N2O3. The predicted octanol–water partition coefficient (Wildman–Crippen LogP) is 0.992. The van der Waals surface area contributed by atoms with Crippen molar-refractivity contribution >= 4 is 11.9 Å². The van der Waals surface area contributed by atoms with Gasteiger partial charge in [0.2, 0.25) is 5.91 Å². The van der Waals surface area contributed by atoms with Crippen LogP contribution in [0.15, 0.2) is 0 Å². The summed E-state index contributed by atoms with van der Waals surface area (Å²) in [6.45, 7) is 0.768. The van der Waals surface area contributed by atoms with Gasteiger partial charge in [-0.25, -0.2) is 0 Å². The standard InChI is InChI=1S/C12H17F3N2O3/c13-12(14,15)9-4-8(5-10(18)16-9)17-3-1-2-7(6-17)11(19)20/h7-9H,1-6H2,(H,16,18)(H,19,20). The molecular weight excluding hydrogens is 277 g/mol. The molecule has 114 valence electrons. The average molecular weight is 294 g/mol. The van der Waals surface area contributed by atoms with Gasteiger partial charge in [-0.1, -0.05) is 0 Å². The second-order valence-electron chi connectivity index (χ2n) is 5.43. The second kappa shape index (κ2) is 5.59. The van der Waals surface area contributed by atoms with E-state index in [1.165, 1.54) is 0 Å². The van der Waals surface area contributed by atoms with E-state index in [4.69, 9.17) is 5.11 Å². The van der Waals surface area contributed by atoms with Crippen LogP contribution in [0.4, 0.5) is 13.2 Å². The molecule has 0 spiro atoms. The van der Waals surface area contributed by atoms with E-state index in [1.54, 1.807) is 4.90 Å². The number of alkyl halides is 3. The minimum absolute atomic E-state index is 0.00107. The summed E-state index contributed by atoms with van der Waals surface area (Å²) in [6.07, 6.45) is -3.50. The Bertz CT molecular complexity index is 400. The molecule has 2 heterocycles. The van der Waals surface area contributed by atoms with Crippen LogP contribution in [-0.2, 0) is 9.59 Å². The summed E-state index contributed by atoms with van der Waals surface area (Å²) in [6, 6.07) is -2.36. The van der Waals surface area contributed by atoms with E-state index >= 15 is 0 Å². The normalized spacial score (nSPS) is 32.8. The van der Waals surface area contributed by atoms with Gasteiger partial charge in [-0.3, -0.25) is 14.5 Å². The third-order valence-electron chi connectivity index (χ3n) is 3.98. The molecule has 3 atom stereocenters. The third-order valence-corrected chi connectivity index (χ3v) is 3.98. The summed E-state index contributed by atoms with van der Waals surface area (Å²) in [4.78, 5) is 24.1. The number of halogens is 3. The van der Waals surface area contributed by atoms with Gasteiger partial charge >= 0.3 is 12.1 Å². The Morgan fingerprint density at radius 3 is 2.70 bits per heavy atom. The molecule has 0 saturated carbocycles. The molecule has 2 saturated heterocycles. The Morgan fingerprint density at radius 1 is 1.40 bits per heavy atom. The second-order valence-corrected chi connectivity index (χ2v) is 5.43. The number of likely N-dealkylation sites (tertiary alicyclic amines) is 1. The van der Waals surface area contributed by atoms with E-state index in [1.807, 2.05) is 5.32 Å². The summed E-state index contributed by atoms with van der Waals surface area (Å²) >= 11 is 0. The fraction of sp³-hybridized carbons (Fsp3) is 0.833. The SMILES string of the molecule is O=C1CC(N2CCCC(C(=O)O)C2)CC(C(F)(F)F)N1. The smallest absolute Gasteiger partial charge is 0.408 e. The monoisotopic (exact) mass is 294 g/mol. The molecule has 20 heavy (non-hydrogen) atoms. The summed E-state index contributed by atoms with van der Waals surface area (Å²) in [5.41, 5.74) is 0. The lowest BCUT2D eigenvalue weighted by molar-refractivity contribution is -0.172. The number of nitrogens with one attached hydrogen (secondary N) is 1. The molecule has 1 amide bonds. The van der Waals surface area contributed by atoms with E-state index in [2.05, 4.69) is 0 Å². The van der Waals surface area contributed by atoms with Crippen molar-refractivity contribution < 1.29 is 27.9 Å². The number of piperidine rings is 2. The first-order valence-corrected chi connectivity index (χ1v) is 6.60. The predicted molar refractivity (Wildman–Crippen MR) is 62.9 cm³/mol. The molecule has 3 unspecified atom stereocenters. The van der Waals surface area contributed by atoms with Crippen molar-refractivity contribution in [1.82, 2.24) is 10.2 Å². The fourth-order valence-corrected chi connectivity index (χ4v) is 2.91. The van der Waals surface area contributed by atoms with E-state index in [-0.39, 0.29) is 19.4 Å². The molecule has 0 aromatic heterocycles. The summed E-state index contributed by atoms with van der Waals surface area (Å²) < 4.78 is 38.2. The molecule has 0 bridgehead atoms. The number of carboxylic acids is 1. The number of carboxylic acid groups (broad SMARTS) is 1. The van der Waals surface area contributed by atoms with Crippen LogP contribution in [0, 0.1) is 5.92 Å². The number of hydrogen-bond acceptors (Lipinski definition) is 3. The zero-order valence-corrected chi connectivity index (χ0v) is 10.8. The van der Waals surface area contributed by atoms with Crippen molar-refractivity contribution in [2.75, 3.05) is 13.1 Å². The highest BCUT2D eigenvalue weighted by atomic mass is 19.4. The summed E-state index contributed by atoms with van der Waals surface area (Å²) in [5.74, 6) is -2.11. The maximum Gasteiger partial charge on any atom is 0.408 e. The van der Waals surface area contributed by atoms with Crippen molar-refractivity contribution in [2.24, 2.45) is 5.92 Å². The molecule has 2 aliphatic rings. The van der Waals surface area contributed by atoms with Gasteiger partial charge in [-0.15, -0.1) is 0 Å². The van der Waals surface area contributed by atoms with Gasteiger partial charge in [0.05, 0.1) is 5.92 Å². The fourth-order valence-electron chi connectivity index (χ4n) is 2.91. The number of nitrogens with zero attached hydrogens (tertiary/aromatic N) is 1.